The molecule has 1 aromatic carbocycles. The van der Waals surface area contributed by atoms with Gasteiger partial charge in [0, 0.05) is 27.9 Å². The van der Waals surface area contributed by atoms with Crippen LogP contribution in [0.1, 0.15) is 43.0 Å². The van der Waals surface area contributed by atoms with Crippen LogP contribution < -0.4 is 5.32 Å². The van der Waals surface area contributed by atoms with E-state index in [1.165, 1.54) is 15.7 Å². The molecule has 1 N–H and O–H groups in total. The predicted molar refractivity (Wildman–Crippen MR) is 95.2 cm³/mol. The van der Waals surface area contributed by atoms with Gasteiger partial charge in [-0.15, -0.1) is 11.3 Å². The van der Waals surface area contributed by atoms with Gasteiger partial charge >= 0.3 is 0 Å². The van der Waals surface area contributed by atoms with Gasteiger partial charge in [-0.2, -0.15) is 0 Å². The third-order valence-corrected chi connectivity index (χ3v) is 4.89. The van der Waals surface area contributed by atoms with Crippen molar-refractivity contribution in [2.75, 3.05) is 6.54 Å². The van der Waals surface area contributed by atoms with Crippen molar-refractivity contribution in [3.8, 4) is 0 Å². The van der Waals surface area contributed by atoms with Crippen molar-refractivity contribution in [3.63, 3.8) is 0 Å². The zero-order chi connectivity index (χ0) is 15.5. The molecule has 0 spiro atoms. The Hall–Kier alpha value is -0.710. The first-order valence-electron chi connectivity index (χ1n) is 7.25. The molecule has 1 atom stereocenters. The van der Waals surface area contributed by atoms with Crippen molar-refractivity contribution >= 4 is 27.3 Å². The average Bonchev–Trinajstić information content (AvgIpc) is 2.80. The van der Waals surface area contributed by atoms with E-state index in [0.717, 1.165) is 18.0 Å². The Bertz CT molecular complexity index is 586. The first-order chi connectivity index (χ1) is 9.85. The first kappa shape index (κ1) is 16.7. The number of hydrogen-bond donors (Lipinski definition) is 1. The smallest absolute Gasteiger partial charge is 0.0897 e. The molecule has 1 aromatic heterocycles. The molecule has 0 amide bonds. The Balaban J connectivity index is 2.19. The molecule has 1 heterocycles. The number of aryl methyl sites for hydroxylation is 1. The van der Waals surface area contributed by atoms with Crippen molar-refractivity contribution in [2.24, 2.45) is 0 Å². The zero-order valence-electron chi connectivity index (χ0n) is 13.1. The summed E-state index contributed by atoms with van der Waals surface area (Å²) in [4.78, 5) is 4.63. The number of rotatable bonds is 5. The molecule has 0 saturated carbocycles. The van der Waals surface area contributed by atoms with Crippen molar-refractivity contribution < 1.29 is 0 Å². The minimum atomic E-state index is 0.123. The van der Waals surface area contributed by atoms with E-state index < -0.39 is 0 Å². The summed E-state index contributed by atoms with van der Waals surface area (Å²) in [5.41, 5.74) is 2.66. The summed E-state index contributed by atoms with van der Waals surface area (Å²) in [5, 5.41) is 6.94. The highest BCUT2D eigenvalue weighted by atomic mass is 79.9. The van der Waals surface area contributed by atoms with Crippen molar-refractivity contribution in [2.45, 2.75) is 45.6 Å². The van der Waals surface area contributed by atoms with E-state index in [-0.39, 0.29) is 5.54 Å². The zero-order valence-corrected chi connectivity index (χ0v) is 15.5. The normalized spacial score (nSPS) is 13.4. The molecular weight excluding hydrogens is 344 g/mol. The van der Waals surface area contributed by atoms with Crippen LogP contribution in [0.3, 0.4) is 0 Å². The van der Waals surface area contributed by atoms with Gasteiger partial charge in [0.1, 0.15) is 0 Å². The van der Waals surface area contributed by atoms with E-state index in [4.69, 9.17) is 0 Å². The number of nitrogens with one attached hydrogen (secondary N) is 1. The van der Waals surface area contributed by atoms with Gasteiger partial charge in [0.25, 0.3) is 0 Å². The van der Waals surface area contributed by atoms with Crippen LogP contribution >= 0.6 is 27.3 Å². The second-order valence-corrected chi connectivity index (χ2v) is 8.33. The van der Waals surface area contributed by atoms with Crippen LogP contribution in [0.4, 0.5) is 0 Å². The number of aromatic nitrogens is 1. The SMILES string of the molecule is Cc1nc(CC(CNC(C)(C)C)c2ccccc2Br)cs1. The number of halogens is 1. The molecule has 1 unspecified atom stereocenters. The summed E-state index contributed by atoms with van der Waals surface area (Å²) in [6.07, 6.45) is 0.968. The summed E-state index contributed by atoms with van der Waals surface area (Å²) < 4.78 is 1.18. The maximum atomic E-state index is 4.63. The molecule has 2 aromatic rings. The third-order valence-electron chi connectivity index (χ3n) is 3.35. The van der Waals surface area contributed by atoms with Crippen LogP contribution in [-0.2, 0) is 6.42 Å². The second-order valence-electron chi connectivity index (χ2n) is 6.41. The van der Waals surface area contributed by atoms with E-state index in [0.29, 0.717) is 5.92 Å². The molecule has 0 aliphatic rings. The van der Waals surface area contributed by atoms with Gasteiger partial charge in [-0.3, -0.25) is 0 Å². The fraction of sp³-hybridized carbons (Fsp3) is 0.471. The Morgan fingerprint density at radius 1 is 1.29 bits per heavy atom. The Labute approximate surface area is 140 Å². The van der Waals surface area contributed by atoms with E-state index >= 15 is 0 Å². The van der Waals surface area contributed by atoms with Crippen LogP contribution in [0, 0.1) is 6.92 Å². The number of nitrogens with zero attached hydrogens (tertiary/aromatic N) is 1. The molecular formula is C17H23BrN2S. The number of hydrogen-bond acceptors (Lipinski definition) is 3. The van der Waals surface area contributed by atoms with Crippen molar-refractivity contribution in [3.05, 3.63) is 50.4 Å². The highest BCUT2D eigenvalue weighted by Crippen LogP contribution is 2.28. The van der Waals surface area contributed by atoms with Crippen molar-refractivity contribution in [1.82, 2.24) is 10.3 Å². The number of thiazole rings is 1. The van der Waals surface area contributed by atoms with Gasteiger partial charge < -0.3 is 5.32 Å². The van der Waals surface area contributed by atoms with E-state index in [1.807, 2.05) is 0 Å². The average molecular weight is 367 g/mol. The standard InChI is InChI=1S/C17H23BrN2S/c1-12-20-14(11-21-12)9-13(10-19-17(2,3)4)15-7-5-6-8-16(15)18/h5-8,11,13,19H,9-10H2,1-4H3. The first-order valence-corrected chi connectivity index (χ1v) is 8.93. The summed E-state index contributed by atoms with van der Waals surface area (Å²) in [6, 6.07) is 8.50. The predicted octanol–water partition coefficient (Wildman–Crippen LogP) is 4.93. The largest absolute Gasteiger partial charge is 0.311 e. The third kappa shape index (κ3) is 5.20. The van der Waals surface area contributed by atoms with E-state index in [2.05, 4.69) is 83.6 Å². The van der Waals surface area contributed by atoms with Gasteiger partial charge in [-0.05, 0) is 45.7 Å². The van der Waals surface area contributed by atoms with Crippen LogP contribution in [0.2, 0.25) is 0 Å². The molecule has 0 bridgehead atoms. The van der Waals surface area contributed by atoms with Crippen LogP contribution in [-0.4, -0.2) is 17.1 Å². The molecule has 0 aliphatic carbocycles. The van der Waals surface area contributed by atoms with Crippen LogP contribution in [0.5, 0.6) is 0 Å². The Morgan fingerprint density at radius 3 is 2.57 bits per heavy atom. The monoisotopic (exact) mass is 366 g/mol. The lowest BCUT2D eigenvalue weighted by Crippen LogP contribution is -2.39. The second kappa shape index (κ2) is 7.03. The minimum absolute atomic E-state index is 0.123. The minimum Gasteiger partial charge on any atom is -0.311 e. The lowest BCUT2D eigenvalue weighted by Gasteiger charge is -2.26. The maximum Gasteiger partial charge on any atom is 0.0897 e. The van der Waals surface area contributed by atoms with E-state index in [1.54, 1.807) is 11.3 Å². The molecule has 0 fully saturated rings. The van der Waals surface area contributed by atoms with Crippen LogP contribution in [0.25, 0.3) is 0 Å². The van der Waals surface area contributed by atoms with Gasteiger partial charge in [0.05, 0.1) is 10.7 Å². The molecule has 0 radical (unpaired) electrons. The summed E-state index contributed by atoms with van der Waals surface area (Å²) in [6.45, 7) is 9.63. The quantitative estimate of drug-likeness (QED) is 0.811. The van der Waals surface area contributed by atoms with Gasteiger partial charge in [-0.25, -0.2) is 4.98 Å². The van der Waals surface area contributed by atoms with Crippen LogP contribution in [0.15, 0.2) is 34.1 Å². The molecule has 114 valence electrons. The molecule has 2 rings (SSSR count). The molecule has 21 heavy (non-hydrogen) atoms. The summed E-state index contributed by atoms with van der Waals surface area (Å²) >= 11 is 5.42. The highest BCUT2D eigenvalue weighted by molar-refractivity contribution is 9.10. The topological polar surface area (TPSA) is 24.9 Å². The molecule has 2 nitrogen and oxygen atoms in total. The Morgan fingerprint density at radius 2 is 2.00 bits per heavy atom. The van der Waals surface area contributed by atoms with Gasteiger partial charge in [0.15, 0.2) is 0 Å². The maximum absolute atomic E-state index is 4.63. The molecule has 0 saturated heterocycles. The number of benzene rings is 1. The Kier molecular flexibility index (Phi) is 5.58. The fourth-order valence-corrected chi connectivity index (χ4v) is 3.52. The van der Waals surface area contributed by atoms with Crippen molar-refractivity contribution in [1.29, 1.82) is 0 Å². The lowest BCUT2D eigenvalue weighted by molar-refractivity contribution is 0.404. The summed E-state index contributed by atoms with van der Waals surface area (Å²) in [7, 11) is 0. The fourth-order valence-electron chi connectivity index (χ4n) is 2.28. The summed E-state index contributed by atoms with van der Waals surface area (Å²) in [5.74, 6) is 0.418. The highest BCUT2D eigenvalue weighted by Gasteiger charge is 2.19. The van der Waals surface area contributed by atoms with Gasteiger partial charge in [0.2, 0.25) is 0 Å². The van der Waals surface area contributed by atoms with Gasteiger partial charge in [-0.1, -0.05) is 34.1 Å². The molecule has 0 aliphatic heterocycles. The lowest BCUT2D eigenvalue weighted by atomic mass is 9.93. The van der Waals surface area contributed by atoms with E-state index in [9.17, 15) is 0 Å². The molecule has 4 heteroatoms.